The Morgan fingerprint density at radius 1 is 1.10 bits per heavy atom. The summed E-state index contributed by atoms with van der Waals surface area (Å²) in [6.45, 7) is 1.81. The normalized spacial score (nSPS) is 12.1. The summed E-state index contributed by atoms with van der Waals surface area (Å²) in [5.41, 5.74) is 2.63. The van der Waals surface area contributed by atoms with Crippen molar-refractivity contribution in [3.8, 4) is 0 Å². The fourth-order valence-corrected chi connectivity index (χ4v) is 3.20. The molecule has 0 bridgehead atoms. The van der Waals surface area contributed by atoms with Crippen LogP contribution in [0.15, 0.2) is 42.5 Å². The Bertz CT molecular complexity index is 615. The van der Waals surface area contributed by atoms with Gasteiger partial charge in [-0.3, -0.25) is 4.79 Å². The molecule has 0 spiro atoms. The lowest BCUT2D eigenvalue weighted by Crippen LogP contribution is -2.12. The van der Waals surface area contributed by atoms with E-state index in [9.17, 15) is 9.90 Å². The average molecular weight is 323 g/mol. The maximum absolute atomic E-state index is 11.3. The lowest BCUT2D eigenvalue weighted by Gasteiger charge is -2.15. The molecule has 0 saturated heterocycles. The second-order valence-corrected chi connectivity index (χ2v) is 5.75. The van der Waals surface area contributed by atoms with Crippen LogP contribution >= 0.6 is 23.2 Å². The monoisotopic (exact) mass is 322 g/mol. The molecule has 0 aliphatic carbocycles. The number of carbonyl (C=O) groups is 1. The second kappa shape index (κ2) is 6.97. The summed E-state index contributed by atoms with van der Waals surface area (Å²) < 4.78 is 0. The molecule has 0 aliphatic rings. The van der Waals surface area contributed by atoms with Crippen molar-refractivity contribution in [2.45, 2.75) is 25.7 Å². The van der Waals surface area contributed by atoms with Gasteiger partial charge >= 0.3 is 5.97 Å². The number of carboxylic acids is 1. The minimum atomic E-state index is -0.905. The maximum Gasteiger partial charge on any atom is 0.311 e. The molecule has 1 atom stereocenters. The molecule has 2 aromatic rings. The standard InChI is InChI=1S/C17H16Cl2O2/c1-2-13(17(20)21)16-14(18)9-12(10-15(16)19)8-11-6-4-3-5-7-11/h3-7,9-10,13H,2,8H2,1H3,(H,20,21). The molecule has 1 N–H and O–H groups in total. The number of benzene rings is 2. The first kappa shape index (κ1) is 15.9. The zero-order valence-electron chi connectivity index (χ0n) is 11.6. The zero-order valence-corrected chi connectivity index (χ0v) is 13.2. The Labute approximate surface area is 134 Å². The highest BCUT2D eigenvalue weighted by molar-refractivity contribution is 6.36. The fraction of sp³-hybridized carbons (Fsp3) is 0.235. The Balaban J connectivity index is 2.35. The third-order valence-electron chi connectivity index (χ3n) is 3.44. The summed E-state index contributed by atoms with van der Waals surface area (Å²) in [5, 5.41) is 10.1. The molecule has 2 aromatic carbocycles. The predicted octanol–water partition coefficient (Wildman–Crippen LogP) is 5.16. The van der Waals surface area contributed by atoms with E-state index in [2.05, 4.69) is 0 Å². The summed E-state index contributed by atoms with van der Waals surface area (Å²) in [7, 11) is 0. The highest BCUT2D eigenvalue weighted by Gasteiger charge is 2.23. The van der Waals surface area contributed by atoms with Gasteiger partial charge in [-0.2, -0.15) is 0 Å². The van der Waals surface area contributed by atoms with Gasteiger partial charge in [0.25, 0.3) is 0 Å². The fourth-order valence-electron chi connectivity index (χ4n) is 2.41. The number of carboxylic acid groups (broad SMARTS) is 1. The summed E-state index contributed by atoms with van der Waals surface area (Å²) in [4.78, 5) is 11.3. The lowest BCUT2D eigenvalue weighted by atomic mass is 9.94. The van der Waals surface area contributed by atoms with Crippen molar-refractivity contribution in [3.05, 3.63) is 69.2 Å². The van der Waals surface area contributed by atoms with E-state index in [1.54, 1.807) is 12.1 Å². The topological polar surface area (TPSA) is 37.3 Å². The first-order valence-corrected chi connectivity index (χ1v) is 7.53. The first-order chi connectivity index (χ1) is 10.0. The van der Waals surface area contributed by atoms with Gasteiger partial charge in [0, 0.05) is 15.6 Å². The van der Waals surface area contributed by atoms with Crippen LogP contribution in [-0.2, 0) is 11.2 Å². The predicted molar refractivity (Wildman–Crippen MR) is 86.4 cm³/mol. The van der Waals surface area contributed by atoms with Crippen LogP contribution in [0.5, 0.6) is 0 Å². The van der Waals surface area contributed by atoms with Crippen molar-refractivity contribution in [1.82, 2.24) is 0 Å². The molecular weight excluding hydrogens is 307 g/mol. The highest BCUT2D eigenvalue weighted by atomic mass is 35.5. The molecule has 0 radical (unpaired) electrons. The van der Waals surface area contributed by atoms with Crippen molar-refractivity contribution in [2.75, 3.05) is 0 Å². The SMILES string of the molecule is CCC(C(=O)O)c1c(Cl)cc(Cc2ccccc2)cc1Cl. The molecular formula is C17H16Cl2O2. The smallest absolute Gasteiger partial charge is 0.311 e. The van der Waals surface area contributed by atoms with E-state index in [4.69, 9.17) is 23.2 Å². The van der Waals surface area contributed by atoms with Gasteiger partial charge in [-0.25, -0.2) is 0 Å². The van der Waals surface area contributed by atoms with E-state index in [-0.39, 0.29) is 0 Å². The molecule has 0 fully saturated rings. The van der Waals surface area contributed by atoms with Crippen LogP contribution in [0.25, 0.3) is 0 Å². The third-order valence-corrected chi connectivity index (χ3v) is 4.07. The first-order valence-electron chi connectivity index (χ1n) is 6.77. The Morgan fingerprint density at radius 2 is 1.67 bits per heavy atom. The van der Waals surface area contributed by atoms with Crippen LogP contribution in [-0.4, -0.2) is 11.1 Å². The molecule has 1 unspecified atom stereocenters. The number of aliphatic carboxylic acids is 1. The van der Waals surface area contributed by atoms with E-state index in [0.717, 1.165) is 11.1 Å². The van der Waals surface area contributed by atoms with Crippen molar-refractivity contribution < 1.29 is 9.90 Å². The van der Waals surface area contributed by atoms with Gasteiger partial charge in [0.2, 0.25) is 0 Å². The van der Waals surface area contributed by atoms with Crippen LogP contribution < -0.4 is 0 Å². The quantitative estimate of drug-likeness (QED) is 0.825. The largest absolute Gasteiger partial charge is 0.481 e. The van der Waals surface area contributed by atoms with Crippen molar-refractivity contribution >= 4 is 29.2 Å². The van der Waals surface area contributed by atoms with Gasteiger partial charge in [0.1, 0.15) is 0 Å². The Hall–Kier alpha value is -1.51. The van der Waals surface area contributed by atoms with Gasteiger partial charge in [0.15, 0.2) is 0 Å². The molecule has 4 heteroatoms. The van der Waals surface area contributed by atoms with Gasteiger partial charge in [0.05, 0.1) is 5.92 Å². The van der Waals surface area contributed by atoms with Crippen LogP contribution in [0.1, 0.15) is 36.0 Å². The molecule has 2 rings (SSSR count). The van der Waals surface area contributed by atoms with Crippen LogP contribution in [0, 0.1) is 0 Å². The van der Waals surface area contributed by atoms with E-state index in [0.29, 0.717) is 28.5 Å². The van der Waals surface area contributed by atoms with Crippen LogP contribution in [0.2, 0.25) is 10.0 Å². The number of hydrogen-bond donors (Lipinski definition) is 1. The van der Waals surface area contributed by atoms with Gasteiger partial charge < -0.3 is 5.11 Å². The Morgan fingerprint density at radius 3 is 2.14 bits per heavy atom. The summed E-state index contributed by atoms with van der Waals surface area (Å²) in [6.07, 6.45) is 1.16. The molecule has 110 valence electrons. The molecule has 0 aromatic heterocycles. The molecule has 0 saturated carbocycles. The minimum Gasteiger partial charge on any atom is -0.481 e. The highest BCUT2D eigenvalue weighted by Crippen LogP contribution is 2.35. The number of halogens is 2. The second-order valence-electron chi connectivity index (χ2n) is 4.93. The molecule has 0 heterocycles. The molecule has 2 nitrogen and oxygen atoms in total. The van der Waals surface area contributed by atoms with Crippen molar-refractivity contribution in [3.63, 3.8) is 0 Å². The maximum atomic E-state index is 11.3. The molecule has 0 aliphatic heterocycles. The van der Waals surface area contributed by atoms with Crippen LogP contribution in [0.4, 0.5) is 0 Å². The van der Waals surface area contributed by atoms with Crippen molar-refractivity contribution in [2.24, 2.45) is 0 Å². The number of rotatable bonds is 5. The summed E-state index contributed by atoms with van der Waals surface area (Å²) in [6, 6.07) is 13.6. The molecule has 21 heavy (non-hydrogen) atoms. The van der Waals surface area contributed by atoms with Gasteiger partial charge in [-0.05, 0) is 36.1 Å². The summed E-state index contributed by atoms with van der Waals surface area (Å²) in [5.74, 6) is -1.58. The van der Waals surface area contributed by atoms with Crippen molar-refractivity contribution in [1.29, 1.82) is 0 Å². The molecule has 0 amide bonds. The minimum absolute atomic E-state index is 0.419. The van der Waals surface area contributed by atoms with E-state index in [1.807, 2.05) is 37.3 Å². The average Bonchev–Trinajstić information content (AvgIpc) is 2.43. The number of hydrogen-bond acceptors (Lipinski definition) is 1. The zero-order chi connectivity index (χ0) is 15.4. The lowest BCUT2D eigenvalue weighted by molar-refractivity contribution is -0.138. The van der Waals surface area contributed by atoms with E-state index >= 15 is 0 Å². The van der Waals surface area contributed by atoms with Gasteiger partial charge in [-0.15, -0.1) is 0 Å². The van der Waals surface area contributed by atoms with Crippen LogP contribution in [0.3, 0.4) is 0 Å². The van der Waals surface area contributed by atoms with Gasteiger partial charge in [-0.1, -0.05) is 60.5 Å². The van der Waals surface area contributed by atoms with E-state index in [1.165, 1.54) is 0 Å². The third kappa shape index (κ3) is 3.78. The summed E-state index contributed by atoms with van der Waals surface area (Å²) >= 11 is 12.5. The van der Waals surface area contributed by atoms with E-state index < -0.39 is 11.9 Å². The Kier molecular flexibility index (Phi) is 5.27.